The first-order valence-corrected chi connectivity index (χ1v) is 14.5. The Bertz CT molecular complexity index is 1260. The molecule has 0 radical (unpaired) electrons. The van der Waals surface area contributed by atoms with Gasteiger partial charge in [-0.2, -0.15) is 4.98 Å². The highest BCUT2D eigenvalue weighted by Gasteiger charge is 2.40. The fraction of sp³-hybridized carbons (Fsp3) is 0.485. The zero-order valence-corrected chi connectivity index (χ0v) is 25.6. The standard InChI is InChI=1S/C28H32ClN3O3.C5H12/c1-4-11-28(27(33)34)12-14-32(15-13-28)18-20-5-7-21(8-6-20)25-30-26(35-31-25)23-10-9-22(16-19(2)3)24(29)17-23;1-5(2,3)4/h4-10,17,19H,1,11-16,18H2,2-3H3,(H,33,34);1-4H3. The number of piperidine rings is 1. The van der Waals surface area contributed by atoms with Crippen LogP contribution in [0.5, 0.6) is 0 Å². The molecule has 4 rings (SSSR count). The molecule has 0 unspecified atom stereocenters. The Morgan fingerprint density at radius 2 is 1.73 bits per heavy atom. The van der Waals surface area contributed by atoms with E-state index in [1.165, 1.54) is 0 Å². The molecule has 1 saturated heterocycles. The highest BCUT2D eigenvalue weighted by molar-refractivity contribution is 6.31. The summed E-state index contributed by atoms with van der Waals surface area (Å²) in [4.78, 5) is 18.6. The van der Waals surface area contributed by atoms with Crippen molar-refractivity contribution in [1.82, 2.24) is 15.0 Å². The van der Waals surface area contributed by atoms with E-state index in [0.717, 1.165) is 48.3 Å². The number of carboxylic acid groups (broad SMARTS) is 1. The topological polar surface area (TPSA) is 79.5 Å². The second-order valence-corrected chi connectivity index (χ2v) is 13.3. The van der Waals surface area contributed by atoms with Crippen LogP contribution in [0.25, 0.3) is 22.8 Å². The van der Waals surface area contributed by atoms with Gasteiger partial charge >= 0.3 is 5.97 Å². The quantitative estimate of drug-likeness (QED) is 0.262. The van der Waals surface area contributed by atoms with Crippen molar-refractivity contribution in [3.63, 3.8) is 0 Å². The molecule has 40 heavy (non-hydrogen) atoms. The molecule has 0 saturated carbocycles. The van der Waals surface area contributed by atoms with Crippen LogP contribution in [-0.2, 0) is 17.8 Å². The number of hydrogen-bond donors (Lipinski definition) is 1. The zero-order chi connectivity index (χ0) is 29.5. The van der Waals surface area contributed by atoms with E-state index in [1.807, 2.05) is 30.3 Å². The molecular formula is C33H44ClN3O3. The van der Waals surface area contributed by atoms with Crippen LogP contribution in [0.3, 0.4) is 0 Å². The van der Waals surface area contributed by atoms with Crippen molar-refractivity contribution in [2.75, 3.05) is 13.1 Å². The molecule has 0 bridgehead atoms. The molecule has 1 aliphatic heterocycles. The Labute approximate surface area is 244 Å². The maximum absolute atomic E-state index is 11.8. The van der Waals surface area contributed by atoms with E-state index in [9.17, 15) is 9.90 Å². The molecule has 3 aromatic rings. The van der Waals surface area contributed by atoms with Gasteiger partial charge in [-0.05, 0) is 73.4 Å². The van der Waals surface area contributed by atoms with Crippen LogP contribution < -0.4 is 0 Å². The molecule has 6 nitrogen and oxygen atoms in total. The summed E-state index contributed by atoms with van der Waals surface area (Å²) in [6, 6.07) is 14.0. The van der Waals surface area contributed by atoms with Gasteiger partial charge in [0, 0.05) is 22.7 Å². The number of rotatable bonds is 9. The number of carboxylic acids is 1. The number of aliphatic carboxylic acids is 1. The molecule has 0 atom stereocenters. The van der Waals surface area contributed by atoms with Crippen molar-refractivity contribution >= 4 is 17.6 Å². The summed E-state index contributed by atoms with van der Waals surface area (Å²) in [7, 11) is 0. The number of allylic oxidation sites excluding steroid dienone is 1. The predicted molar refractivity (Wildman–Crippen MR) is 163 cm³/mol. The molecule has 0 aliphatic carbocycles. The lowest BCUT2D eigenvalue weighted by Gasteiger charge is -2.38. The van der Waals surface area contributed by atoms with Crippen molar-refractivity contribution in [1.29, 1.82) is 0 Å². The van der Waals surface area contributed by atoms with Gasteiger partial charge in [-0.1, -0.05) is 94.7 Å². The normalized spacial score (nSPS) is 15.4. The van der Waals surface area contributed by atoms with Crippen molar-refractivity contribution < 1.29 is 14.4 Å². The van der Waals surface area contributed by atoms with Crippen LogP contribution in [0.2, 0.25) is 5.02 Å². The van der Waals surface area contributed by atoms with Crippen LogP contribution in [0.15, 0.2) is 59.6 Å². The minimum atomic E-state index is -0.713. The minimum Gasteiger partial charge on any atom is -0.481 e. The van der Waals surface area contributed by atoms with E-state index in [-0.39, 0.29) is 0 Å². The van der Waals surface area contributed by atoms with Gasteiger partial charge in [0.1, 0.15) is 0 Å². The van der Waals surface area contributed by atoms with Crippen LogP contribution in [0.1, 0.15) is 71.9 Å². The fourth-order valence-corrected chi connectivity index (χ4v) is 4.94. The highest BCUT2D eigenvalue weighted by atomic mass is 35.5. The maximum Gasteiger partial charge on any atom is 0.310 e. The number of benzene rings is 2. The van der Waals surface area contributed by atoms with Gasteiger partial charge in [0.05, 0.1) is 5.41 Å². The predicted octanol–water partition coefficient (Wildman–Crippen LogP) is 8.55. The Balaban J connectivity index is 0.000000810. The molecule has 1 aromatic heterocycles. The zero-order valence-electron chi connectivity index (χ0n) is 24.8. The largest absolute Gasteiger partial charge is 0.481 e. The summed E-state index contributed by atoms with van der Waals surface area (Å²) in [5, 5.41) is 14.5. The van der Waals surface area contributed by atoms with E-state index in [2.05, 4.69) is 75.3 Å². The molecule has 1 N–H and O–H groups in total. The fourth-order valence-electron chi connectivity index (χ4n) is 4.68. The molecule has 2 aromatic carbocycles. The molecule has 2 heterocycles. The monoisotopic (exact) mass is 565 g/mol. The van der Waals surface area contributed by atoms with Crippen molar-refractivity contribution in [3.8, 4) is 22.8 Å². The van der Waals surface area contributed by atoms with Gasteiger partial charge in [0.2, 0.25) is 5.82 Å². The van der Waals surface area contributed by atoms with Crippen LogP contribution in [-0.4, -0.2) is 39.2 Å². The smallest absolute Gasteiger partial charge is 0.310 e. The Hall–Kier alpha value is -2.96. The Morgan fingerprint density at radius 1 is 1.12 bits per heavy atom. The van der Waals surface area contributed by atoms with E-state index >= 15 is 0 Å². The molecule has 7 heteroatoms. The lowest BCUT2D eigenvalue weighted by atomic mass is 9.75. The molecular weight excluding hydrogens is 522 g/mol. The van der Waals surface area contributed by atoms with Crippen LogP contribution in [0, 0.1) is 16.7 Å². The summed E-state index contributed by atoms with van der Waals surface area (Å²) in [5.74, 6) is 0.788. The van der Waals surface area contributed by atoms with E-state index in [4.69, 9.17) is 16.1 Å². The van der Waals surface area contributed by atoms with Crippen LogP contribution in [0.4, 0.5) is 0 Å². The molecule has 0 amide bonds. The van der Waals surface area contributed by atoms with Gasteiger partial charge in [0.25, 0.3) is 5.89 Å². The average molecular weight is 566 g/mol. The summed E-state index contributed by atoms with van der Waals surface area (Å²) in [5.41, 5.74) is 3.79. The van der Waals surface area contributed by atoms with Crippen LogP contribution >= 0.6 is 11.6 Å². The Kier molecular flexibility index (Phi) is 10.7. The number of aromatic nitrogens is 2. The van der Waals surface area contributed by atoms with Gasteiger partial charge < -0.3 is 9.63 Å². The summed E-state index contributed by atoms with van der Waals surface area (Å²) in [6.45, 7) is 19.1. The van der Waals surface area contributed by atoms with Gasteiger partial charge in [0.15, 0.2) is 0 Å². The number of likely N-dealkylation sites (tertiary alicyclic amines) is 1. The molecule has 0 spiro atoms. The van der Waals surface area contributed by atoms with E-state index < -0.39 is 11.4 Å². The van der Waals surface area contributed by atoms with Crippen molar-refractivity contribution in [2.24, 2.45) is 16.7 Å². The maximum atomic E-state index is 11.8. The lowest BCUT2D eigenvalue weighted by Crippen LogP contribution is -2.43. The number of nitrogens with zero attached hydrogens (tertiary/aromatic N) is 3. The summed E-state index contributed by atoms with van der Waals surface area (Å²) < 4.78 is 5.51. The third-order valence-electron chi connectivity index (χ3n) is 6.77. The molecule has 1 aliphatic rings. The summed E-state index contributed by atoms with van der Waals surface area (Å²) >= 11 is 6.46. The van der Waals surface area contributed by atoms with Crippen molar-refractivity contribution in [3.05, 3.63) is 71.3 Å². The van der Waals surface area contributed by atoms with Crippen molar-refractivity contribution in [2.45, 2.75) is 73.8 Å². The van der Waals surface area contributed by atoms with E-state index in [1.54, 1.807) is 6.08 Å². The van der Waals surface area contributed by atoms with E-state index in [0.29, 0.717) is 47.3 Å². The van der Waals surface area contributed by atoms with Gasteiger partial charge in [-0.25, -0.2) is 0 Å². The second kappa shape index (κ2) is 13.6. The molecule has 1 fully saturated rings. The molecule has 216 valence electrons. The average Bonchev–Trinajstić information content (AvgIpc) is 3.36. The first kappa shape index (κ1) is 31.6. The Morgan fingerprint density at radius 3 is 2.25 bits per heavy atom. The second-order valence-electron chi connectivity index (χ2n) is 12.9. The third kappa shape index (κ3) is 9.03. The minimum absolute atomic E-state index is 0.442. The SMILES string of the molecule is C=CCC1(C(=O)O)CCN(Cc2ccc(-c3noc(-c4ccc(CC(C)C)c(Cl)c4)n3)cc2)CC1.CC(C)(C)C. The third-order valence-corrected chi connectivity index (χ3v) is 7.13. The van der Waals surface area contributed by atoms with Gasteiger partial charge in [-0.3, -0.25) is 9.69 Å². The number of hydrogen-bond acceptors (Lipinski definition) is 5. The first-order valence-electron chi connectivity index (χ1n) is 14.1. The highest BCUT2D eigenvalue weighted by Crippen LogP contribution is 2.36. The number of carbonyl (C=O) groups is 1. The first-order chi connectivity index (χ1) is 18.8. The summed E-state index contributed by atoms with van der Waals surface area (Å²) in [6.07, 6.45) is 4.45. The lowest BCUT2D eigenvalue weighted by molar-refractivity contribution is -0.152. The number of halogens is 1. The van der Waals surface area contributed by atoms with Gasteiger partial charge in [-0.15, -0.1) is 6.58 Å².